The summed E-state index contributed by atoms with van der Waals surface area (Å²) in [6, 6.07) is 1.72. The van der Waals surface area contributed by atoms with Gasteiger partial charge in [-0.25, -0.2) is 15.0 Å². The van der Waals surface area contributed by atoms with Crippen molar-refractivity contribution in [3.05, 3.63) is 29.7 Å². The molecule has 14 heavy (non-hydrogen) atoms. The van der Waals surface area contributed by atoms with Gasteiger partial charge in [-0.3, -0.25) is 5.10 Å². The Labute approximate surface area is 84.8 Å². The summed E-state index contributed by atoms with van der Waals surface area (Å²) in [4.78, 5) is 11.7. The van der Waals surface area contributed by atoms with Crippen molar-refractivity contribution in [1.82, 2.24) is 25.1 Å². The third-order valence-corrected chi connectivity index (χ3v) is 1.71. The third kappa shape index (κ3) is 2.17. The maximum Gasteiger partial charge on any atom is 0.224 e. The van der Waals surface area contributed by atoms with Gasteiger partial charge in [-0.05, 0) is 17.7 Å². The molecule has 2 aromatic heterocycles. The zero-order valence-corrected chi connectivity index (χ0v) is 7.86. The molecule has 0 saturated carbocycles. The van der Waals surface area contributed by atoms with Gasteiger partial charge < -0.3 is 5.32 Å². The standard InChI is InChI=1S/C7H7ClN6/c8-7-9-2-1-5(13-7)10-3-6-11-4-12-14-6/h1-2,4H,3H2,(H,9,10,13)(H,11,12,14). The fraction of sp³-hybridized carbons (Fsp3) is 0.143. The van der Waals surface area contributed by atoms with Crippen LogP contribution in [0.3, 0.4) is 0 Å². The molecule has 2 N–H and O–H groups in total. The molecule has 0 saturated heterocycles. The van der Waals surface area contributed by atoms with Gasteiger partial charge in [0.1, 0.15) is 18.0 Å². The first-order valence-electron chi connectivity index (χ1n) is 3.91. The number of rotatable bonds is 3. The summed E-state index contributed by atoms with van der Waals surface area (Å²) in [7, 11) is 0. The molecular formula is C7H7ClN6. The van der Waals surface area contributed by atoms with Crippen LogP contribution in [0.25, 0.3) is 0 Å². The van der Waals surface area contributed by atoms with Crippen molar-refractivity contribution >= 4 is 17.4 Å². The summed E-state index contributed by atoms with van der Waals surface area (Å²) in [5.41, 5.74) is 0. The van der Waals surface area contributed by atoms with Crippen LogP contribution < -0.4 is 5.32 Å². The lowest BCUT2D eigenvalue weighted by Crippen LogP contribution is -2.03. The van der Waals surface area contributed by atoms with Crippen molar-refractivity contribution in [3.63, 3.8) is 0 Å². The Kier molecular flexibility index (Phi) is 2.55. The summed E-state index contributed by atoms with van der Waals surface area (Å²) in [6.45, 7) is 0.521. The highest BCUT2D eigenvalue weighted by molar-refractivity contribution is 6.28. The van der Waals surface area contributed by atoms with E-state index in [0.29, 0.717) is 12.4 Å². The fourth-order valence-electron chi connectivity index (χ4n) is 0.924. The van der Waals surface area contributed by atoms with Crippen molar-refractivity contribution in [2.45, 2.75) is 6.54 Å². The predicted molar refractivity (Wildman–Crippen MR) is 50.8 cm³/mol. The Morgan fingerprint density at radius 2 is 2.36 bits per heavy atom. The van der Waals surface area contributed by atoms with Crippen LogP contribution in [0.4, 0.5) is 5.82 Å². The summed E-state index contributed by atoms with van der Waals surface area (Å²) < 4.78 is 0. The maximum absolute atomic E-state index is 5.61. The highest BCUT2D eigenvalue weighted by Gasteiger charge is 1.97. The van der Waals surface area contributed by atoms with Gasteiger partial charge in [0.2, 0.25) is 5.28 Å². The molecular weight excluding hydrogens is 204 g/mol. The number of halogens is 1. The molecule has 2 heterocycles. The van der Waals surface area contributed by atoms with E-state index in [0.717, 1.165) is 5.82 Å². The second-order valence-corrected chi connectivity index (χ2v) is 2.83. The SMILES string of the molecule is Clc1nccc(NCc2ncn[nH]2)n1. The van der Waals surface area contributed by atoms with Crippen LogP contribution in [0, 0.1) is 0 Å². The Morgan fingerprint density at radius 3 is 3.07 bits per heavy atom. The molecule has 0 aliphatic carbocycles. The van der Waals surface area contributed by atoms with Crippen LogP contribution in [0.1, 0.15) is 5.82 Å². The molecule has 0 aliphatic rings. The Bertz CT molecular complexity index is 400. The lowest BCUT2D eigenvalue weighted by Gasteiger charge is -2.01. The van der Waals surface area contributed by atoms with E-state index in [-0.39, 0.29) is 5.28 Å². The van der Waals surface area contributed by atoms with E-state index < -0.39 is 0 Å². The van der Waals surface area contributed by atoms with E-state index >= 15 is 0 Å². The fourth-order valence-corrected chi connectivity index (χ4v) is 1.07. The average molecular weight is 211 g/mol. The van der Waals surface area contributed by atoms with Crippen LogP contribution in [0.15, 0.2) is 18.6 Å². The molecule has 0 fully saturated rings. The summed E-state index contributed by atoms with van der Waals surface area (Å²) in [6.07, 6.45) is 3.03. The Hall–Kier alpha value is -1.69. The zero-order valence-electron chi connectivity index (χ0n) is 7.11. The monoisotopic (exact) mass is 210 g/mol. The Morgan fingerprint density at radius 1 is 1.43 bits per heavy atom. The molecule has 0 aromatic carbocycles. The number of hydrogen-bond acceptors (Lipinski definition) is 5. The van der Waals surface area contributed by atoms with Crippen LogP contribution in [-0.4, -0.2) is 25.1 Å². The van der Waals surface area contributed by atoms with E-state index in [1.807, 2.05) is 0 Å². The molecule has 0 amide bonds. The molecule has 2 aromatic rings. The number of hydrogen-bond donors (Lipinski definition) is 2. The zero-order chi connectivity index (χ0) is 9.80. The van der Waals surface area contributed by atoms with Gasteiger partial charge in [0.05, 0.1) is 6.54 Å². The van der Waals surface area contributed by atoms with Gasteiger partial charge in [-0.15, -0.1) is 0 Å². The van der Waals surface area contributed by atoms with Crippen molar-refractivity contribution in [1.29, 1.82) is 0 Å². The molecule has 0 bridgehead atoms. The molecule has 0 aliphatic heterocycles. The largest absolute Gasteiger partial charge is 0.363 e. The highest BCUT2D eigenvalue weighted by Crippen LogP contribution is 2.06. The van der Waals surface area contributed by atoms with E-state index in [1.54, 1.807) is 12.3 Å². The highest BCUT2D eigenvalue weighted by atomic mass is 35.5. The van der Waals surface area contributed by atoms with Crippen LogP contribution in [-0.2, 0) is 6.54 Å². The van der Waals surface area contributed by atoms with Crippen molar-refractivity contribution in [3.8, 4) is 0 Å². The topological polar surface area (TPSA) is 79.4 Å². The second-order valence-electron chi connectivity index (χ2n) is 2.50. The number of nitrogens with one attached hydrogen (secondary N) is 2. The first-order chi connectivity index (χ1) is 6.84. The number of nitrogens with zero attached hydrogens (tertiary/aromatic N) is 4. The van der Waals surface area contributed by atoms with E-state index in [4.69, 9.17) is 11.6 Å². The predicted octanol–water partition coefficient (Wildman–Crippen LogP) is 0.860. The summed E-state index contributed by atoms with van der Waals surface area (Å²) in [5, 5.41) is 9.67. The van der Waals surface area contributed by atoms with Gasteiger partial charge in [-0.2, -0.15) is 5.10 Å². The van der Waals surface area contributed by atoms with Crippen LogP contribution in [0.2, 0.25) is 5.28 Å². The molecule has 0 spiro atoms. The molecule has 0 atom stereocenters. The lowest BCUT2D eigenvalue weighted by atomic mass is 10.5. The quantitative estimate of drug-likeness (QED) is 0.735. The minimum atomic E-state index is 0.215. The normalized spacial score (nSPS) is 10.1. The van der Waals surface area contributed by atoms with Crippen LogP contribution in [0.5, 0.6) is 0 Å². The van der Waals surface area contributed by atoms with Crippen molar-refractivity contribution in [2.24, 2.45) is 0 Å². The minimum absolute atomic E-state index is 0.215. The van der Waals surface area contributed by atoms with Crippen molar-refractivity contribution < 1.29 is 0 Å². The van der Waals surface area contributed by atoms with E-state index in [9.17, 15) is 0 Å². The van der Waals surface area contributed by atoms with Gasteiger partial charge >= 0.3 is 0 Å². The van der Waals surface area contributed by atoms with E-state index in [2.05, 4.69) is 30.5 Å². The molecule has 72 valence electrons. The van der Waals surface area contributed by atoms with E-state index in [1.165, 1.54) is 6.33 Å². The number of anilines is 1. The lowest BCUT2D eigenvalue weighted by molar-refractivity contribution is 0.945. The summed E-state index contributed by atoms with van der Waals surface area (Å²) >= 11 is 5.61. The Balaban J connectivity index is 1.98. The smallest absolute Gasteiger partial charge is 0.224 e. The number of aromatic nitrogens is 5. The number of aromatic amines is 1. The molecule has 0 radical (unpaired) electrons. The third-order valence-electron chi connectivity index (χ3n) is 1.53. The number of H-pyrrole nitrogens is 1. The van der Waals surface area contributed by atoms with Gasteiger partial charge in [0, 0.05) is 6.20 Å². The van der Waals surface area contributed by atoms with Crippen molar-refractivity contribution in [2.75, 3.05) is 5.32 Å². The molecule has 2 rings (SSSR count). The first kappa shape index (κ1) is 8.89. The summed E-state index contributed by atoms with van der Waals surface area (Å²) in [5.74, 6) is 1.39. The molecule has 6 nitrogen and oxygen atoms in total. The van der Waals surface area contributed by atoms with Crippen LogP contribution >= 0.6 is 11.6 Å². The van der Waals surface area contributed by atoms with Gasteiger partial charge in [-0.1, -0.05) is 0 Å². The molecule has 0 unspecified atom stereocenters. The second kappa shape index (κ2) is 4.01. The molecule has 7 heteroatoms. The first-order valence-corrected chi connectivity index (χ1v) is 4.29. The van der Waals surface area contributed by atoms with Gasteiger partial charge in [0.25, 0.3) is 0 Å². The average Bonchev–Trinajstić information content (AvgIpc) is 2.67. The maximum atomic E-state index is 5.61. The minimum Gasteiger partial charge on any atom is -0.363 e. The van der Waals surface area contributed by atoms with Gasteiger partial charge in [0.15, 0.2) is 0 Å².